The van der Waals surface area contributed by atoms with Gasteiger partial charge < -0.3 is 35.4 Å². The Balaban J connectivity index is 2.54. The molecule has 0 aromatic rings. The Morgan fingerprint density at radius 1 is 0.789 bits per heavy atom. The van der Waals surface area contributed by atoms with Crippen molar-refractivity contribution in [1.82, 2.24) is 0 Å². The van der Waals surface area contributed by atoms with Gasteiger partial charge in [0.15, 0.2) is 28.4 Å². The van der Waals surface area contributed by atoms with Gasteiger partial charge in [-0.1, -0.05) is 36.5 Å². The molecule has 6 N–H and O–H groups in total. The van der Waals surface area contributed by atoms with Gasteiger partial charge in [0, 0.05) is 5.57 Å². The lowest BCUT2D eigenvalue weighted by atomic mass is 9.49. The number of Topliss-reactive ketones (excluding diaryl/α,β-unsaturated/α-hetero) is 3. The first kappa shape index (κ1) is 29.0. The Labute approximate surface area is 219 Å². The number of rotatable bonds is 4. The van der Waals surface area contributed by atoms with Crippen LogP contribution in [0.3, 0.4) is 0 Å². The number of hydrogen-bond acceptors (Lipinski definition) is 10. The molecule has 0 aromatic carbocycles. The Hall–Kier alpha value is -3.57. The summed E-state index contributed by atoms with van der Waals surface area (Å²) in [4.78, 5) is 40.9. The van der Waals surface area contributed by atoms with E-state index < -0.39 is 73.8 Å². The monoisotopic (exact) mass is 528 g/mol. The van der Waals surface area contributed by atoms with Gasteiger partial charge in [-0.15, -0.1) is 0 Å². The summed E-state index contributed by atoms with van der Waals surface area (Å²) in [5, 5.41) is 68.3. The third kappa shape index (κ3) is 3.18. The van der Waals surface area contributed by atoms with Crippen molar-refractivity contribution < 1.29 is 49.8 Å². The van der Waals surface area contributed by atoms with Crippen LogP contribution in [0.5, 0.6) is 0 Å². The second-order valence-corrected chi connectivity index (χ2v) is 9.94. The fourth-order valence-electron chi connectivity index (χ4n) is 5.59. The van der Waals surface area contributed by atoms with E-state index >= 15 is 0 Å². The number of aliphatic hydroxyl groups excluding tert-OH is 3. The molecular weight excluding hydrogens is 496 g/mol. The van der Waals surface area contributed by atoms with Crippen molar-refractivity contribution in [3.8, 4) is 0 Å². The van der Waals surface area contributed by atoms with Crippen molar-refractivity contribution in [2.75, 3.05) is 0 Å². The van der Waals surface area contributed by atoms with Crippen molar-refractivity contribution in [3.05, 3.63) is 82.6 Å². The molecule has 3 rings (SSSR count). The van der Waals surface area contributed by atoms with Crippen LogP contribution in [0, 0.1) is 5.41 Å². The SMILES string of the molecule is C/C=C/C=C/C(O)=C1\C(=O)C(C)(O)C2(O)OC3(C)C(=O)C(C)=C(O)/C(=C(O)/C=C/C=C/C)C3(O)C2(C)C1=O. The molecule has 1 saturated carbocycles. The van der Waals surface area contributed by atoms with Crippen molar-refractivity contribution in [1.29, 1.82) is 0 Å². The third-order valence-corrected chi connectivity index (χ3v) is 7.81. The minimum Gasteiger partial charge on any atom is -0.507 e. The van der Waals surface area contributed by atoms with Crippen LogP contribution in [0.25, 0.3) is 0 Å². The van der Waals surface area contributed by atoms with E-state index in [1.54, 1.807) is 26.0 Å². The average Bonchev–Trinajstić information content (AvgIpc) is 3.00. The topological polar surface area (TPSA) is 182 Å². The van der Waals surface area contributed by atoms with Gasteiger partial charge in [0.2, 0.25) is 11.6 Å². The van der Waals surface area contributed by atoms with E-state index in [2.05, 4.69) is 0 Å². The van der Waals surface area contributed by atoms with E-state index in [1.807, 2.05) is 0 Å². The molecule has 3 aliphatic rings. The number of carbonyl (C=O) groups excluding carboxylic acids is 3. The summed E-state index contributed by atoms with van der Waals surface area (Å²) in [6.45, 7) is 7.30. The van der Waals surface area contributed by atoms with Crippen molar-refractivity contribution in [3.63, 3.8) is 0 Å². The number of fused-ring (bicyclic) bond motifs is 3. The van der Waals surface area contributed by atoms with E-state index in [4.69, 9.17) is 4.74 Å². The summed E-state index contributed by atoms with van der Waals surface area (Å²) < 4.78 is 5.67. The van der Waals surface area contributed by atoms with Crippen LogP contribution in [0.4, 0.5) is 0 Å². The zero-order valence-corrected chi connectivity index (χ0v) is 21.9. The maximum atomic E-state index is 14.1. The van der Waals surface area contributed by atoms with Gasteiger partial charge in [-0.3, -0.25) is 14.4 Å². The molecule has 5 unspecified atom stereocenters. The molecule has 0 spiro atoms. The van der Waals surface area contributed by atoms with Crippen LogP contribution >= 0.6 is 0 Å². The molecule has 0 aromatic heterocycles. The smallest absolute Gasteiger partial charge is 0.219 e. The first-order valence-electron chi connectivity index (χ1n) is 11.8. The lowest BCUT2D eigenvalue weighted by Gasteiger charge is -2.53. The van der Waals surface area contributed by atoms with E-state index in [0.717, 1.165) is 32.9 Å². The van der Waals surface area contributed by atoms with E-state index in [9.17, 15) is 45.0 Å². The Morgan fingerprint density at radius 3 is 1.79 bits per heavy atom. The highest BCUT2D eigenvalue weighted by Crippen LogP contribution is 2.68. The number of aliphatic hydroxyl groups is 6. The number of allylic oxidation sites excluding steroid dienone is 8. The van der Waals surface area contributed by atoms with Gasteiger partial charge in [-0.2, -0.15) is 0 Å². The highest BCUT2D eigenvalue weighted by Gasteiger charge is 2.89. The summed E-state index contributed by atoms with van der Waals surface area (Å²) in [7, 11) is 0. The number of hydrogen-bond donors (Lipinski definition) is 6. The molecular formula is C28H32O10. The van der Waals surface area contributed by atoms with E-state index in [0.29, 0.717) is 0 Å². The largest absolute Gasteiger partial charge is 0.507 e. The molecule has 2 fully saturated rings. The maximum absolute atomic E-state index is 14.1. The molecule has 1 aliphatic heterocycles. The lowest BCUT2D eigenvalue weighted by Crippen LogP contribution is -2.75. The number of ketones is 3. The summed E-state index contributed by atoms with van der Waals surface area (Å²) in [6.07, 6.45) is 10.9. The molecule has 2 aliphatic carbocycles. The highest BCUT2D eigenvalue weighted by atomic mass is 16.7. The number of ether oxygens (including phenoxy) is 1. The molecule has 0 amide bonds. The Bertz CT molecular complexity index is 1340. The van der Waals surface area contributed by atoms with Gasteiger partial charge in [0.1, 0.15) is 28.3 Å². The zero-order chi connectivity index (χ0) is 29.1. The normalized spacial score (nSPS) is 40.7. The van der Waals surface area contributed by atoms with Crippen molar-refractivity contribution in [2.45, 2.75) is 64.1 Å². The van der Waals surface area contributed by atoms with Crippen LogP contribution in [0.1, 0.15) is 41.5 Å². The Morgan fingerprint density at radius 2 is 1.29 bits per heavy atom. The molecule has 5 atom stereocenters. The summed E-state index contributed by atoms with van der Waals surface area (Å²) in [5.41, 5.74) is -13.6. The fraction of sp³-hybridized carbons (Fsp3) is 0.393. The quantitative estimate of drug-likeness (QED) is 0.137. The van der Waals surface area contributed by atoms with Crippen LogP contribution in [0.2, 0.25) is 0 Å². The minimum atomic E-state index is -3.27. The van der Waals surface area contributed by atoms with Gasteiger partial charge >= 0.3 is 0 Å². The van der Waals surface area contributed by atoms with E-state index in [-0.39, 0.29) is 5.57 Å². The molecule has 1 saturated heterocycles. The highest BCUT2D eigenvalue weighted by molar-refractivity contribution is 6.29. The molecule has 204 valence electrons. The molecule has 0 radical (unpaired) electrons. The predicted molar refractivity (Wildman–Crippen MR) is 136 cm³/mol. The molecule has 0 bridgehead atoms. The Kier molecular flexibility index (Phi) is 6.88. The summed E-state index contributed by atoms with van der Waals surface area (Å²) >= 11 is 0. The van der Waals surface area contributed by atoms with Crippen molar-refractivity contribution in [2.24, 2.45) is 5.41 Å². The molecule has 10 heteroatoms. The second-order valence-electron chi connectivity index (χ2n) is 9.94. The van der Waals surface area contributed by atoms with Crippen molar-refractivity contribution >= 4 is 17.3 Å². The first-order chi connectivity index (χ1) is 17.5. The van der Waals surface area contributed by atoms with Gasteiger partial charge in [-0.25, -0.2) is 0 Å². The lowest BCUT2D eigenvalue weighted by molar-refractivity contribution is -0.314. The van der Waals surface area contributed by atoms with E-state index in [1.165, 1.54) is 31.2 Å². The van der Waals surface area contributed by atoms with Crippen LogP contribution < -0.4 is 0 Å². The maximum Gasteiger partial charge on any atom is 0.219 e. The zero-order valence-electron chi connectivity index (χ0n) is 21.9. The molecule has 38 heavy (non-hydrogen) atoms. The van der Waals surface area contributed by atoms with Gasteiger partial charge in [0.25, 0.3) is 0 Å². The average molecular weight is 529 g/mol. The van der Waals surface area contributed by atoms with Gasteiger partial charge in [-0.05, 0) is 53.7 Å². The molecule has 10 nitrogen and oxygen atoms in total. The van der Waals surface area contributed by atoms with Crippen LogP contribution in [-0.4, -0.2) is 70.6 Å². The standard InChI is InChI=1S/C28H32O10/c1-7-9-11-13-16(29)18-22(33)24(4)27(36)19(17(30)14-12-10-8-2)20(31)15(3)21(32)26(27,6)38-28(24,37)25(5,35)23(18)34/h7-14,29-31,35-37H,1-6H3/b9-7+,10-8+,13-11+,14-12+,18-16+,19-17+. The minimum absolute atomic E-state index is 0.379. The fourth-order valence-corrected chi connectivity index (χ4v) is 5.59. The third-order valence-electron chi connectivity index (χ3n) is 7.81. The van der Waals surface area contributed by atoms with Gasteiger partial charge in [0.05, 0.1) is 5.57 Å². The summed E-state index contributed by atoms with van der Waals surface area (Å²) in [5.74, 6) is -9.74. The first-order valence-corrected chi connectivity index (χ1v) is 11.8. The molecule has 1 heterocycles. The number of carbonyl (C=O) groups is 3. The predicted octanol–water partition coefficient (Wildman–Crippen LogP) is 2.41. The van der Waals surface area contributed by atoms with Crippen LogP contribution in [-0.2, 0) is 19.1 Å². The summed E-state index contributed by atoms with van der Waals surface area (Å²) in [6, 6.07) is 0. The van der Waals surface area contributed by atoms with Crippen LogP contribution in [0.15, 0.2) is 82.6 Å². The second kappa shape index (κ2) is 9.02.